The van der Waals surface area contributed by atoms with E-state index in [1.165, 1.54) is 6.42 Å². The molecular formula is C18H36IN3O3. The number of guanidine groups is 1. The number of unbranched alkanes of at least 4 members (excludes halogenated alkanes) is 3. The maximum Gasteiger partial charge on any atom is 0.305 e. The van der Waals surface area contributed by atoms with E-state index in [1.54, 1.807) is 7.11 Å². The van der Waals surface area contributed by atoms with Crippen molar-refractivity contribution in [3.63, 3.8) is 0 Å². The fourth-order valence-corrected chi connectivity index (χ4v) is 2.98. The van der Waals surface area contributed by atoms with Crippen molar-refractivity contribution in [1.29, 1.82) is 0 Å². The Morgan fingerprint density at radius 1 is 1.24 bits per heavy atom. The van der Waals surface area contributed by atoms with Crippen LogP contribution in [-0.2, 0) is 14.3 Å². The van der Waals surface area contributed by atoms with Crippen molar-refractivity contribution in [2.45, 2.75) is 52.4 Å². The van der Waals surface area contributed by atoms with E-state index < -0.39 is 0 Å². The van der Waals surface area contributed by atoms with Gasteiger partial charge < -0.3 is 19.7 Å². The number of nitrogens with zero attached hydrogens (tertiary/aromatic N) is 2. The number of rotatable bonds is 11. The van der Waals surface area contributed by atoms with Gasteiger partial charge in [0.15, 0.2) is 5.96 Å². The molecule has 1 saturated heterocycles. The molecule has 0 radical (unpaired) electrons. The number of methoxy groups -OCH3 is 1. The van der Waals surface area contributed by atoms with Crippen molar-refractivity contribution in [1.82, 2.24) is 10.2 Å². The van der Waals surface area contributed by atoms with Crippen molar-refractivity contribution in [3.8, 4) is 0 Å². The number of likely N-dealkylation sites (tertiary alicyclic amines) is 1. The Labute approximate surface area is 170 Å². The van der Waals surface area contributed by atoms with E-state index in [1.807, 2.05) is 6.92 Å². The lowest BCUT2D eigenvalue weighted by Gasteiger charge is -2.21. The zero-order chi connectivity index (χ0) is 17.6. The first-order chi connectivity index (χ1) is 11.7. The third kappa shape index (κ3) is 10.9. The minimum absolute atomic E-state index is 0. The van der Waals surface area contributed by atoms with Gasteiger partial charge in [-0.05, 0) is 33.1 Å². The molecule has 1 atom stereocenters. The standard InChI is InChI=1S/C18H35N3O3.HI/c1-4-19-18(21-13-11-16(14-21)15-23-3)20-12-9-7-6-8-10-17(22)24-5-2;/h16H,4-15H2,1-3H3,(H,19,20);1H. The Balaban J connectivity index is 0.00000576. The van der Waals surface area contributed by atoms with Crippen LogP contribution in [0.4, 0.5) is 0 Å². The molecule has 1 fully saturated rings. The van der Waals surface area contributed by atoms with Crippen molar-refractivity contribution in [3.05, 3.63) is 0 Å². The molecule has 1 aliphatic rings. The molecular weight excluding hydrogens is 433 g/mol. The summed E-state index contributed by atoms with van der Waals surface area (Å²) in [7, 11) is 1.77. The van der Waals surface area contributed by atoms with Crippen LogP contribution in [0.5, 0.6) is 0 Å². The monoisotopic (exact) mass is 469 g/mol. The predicted molar refractivity (Wildman–Crippen MR) is 113 cm³/mol. The van der Waals surface area contributed by atoms with E-state index in [4.69, 9.17) is 14.5 Å². The van der Waals surface area contributed by atoms with E-state index in [9.17, 15) is 4.79 Å². The Morgan fingerprint density at radius 3 is 2.68 bits per heavy atom. The average Bonchev–Trinajstić information content (AvgIpc) is 3.02. The van der Waals surface area contributed by atoms with Crippen LogP contribution in [0.2, 0.25) is 0 Å². The van der Waals surface area contributed by atoms with E-state index in [2.05, 4.69) is 17.1 Å². The van der Waals surface area contributed by atoms with E-state index >= 15 is 0 Å². The van der Waals surface area contributed by atoms with Crippen LogP contribution in [0.3, 0.4) is 0 Å². The molecule has 148 valence electrons. The molecule has 0 bridgehead atoms. The molecule has 7 heteroatoms. The van der Waals surface area contributed by atoms with Gasteiger partial charge in [0.1, 0.15) is 0 Å². The lowest BCUT2D eigenvalue weighted by atomic mass is 10.1. The molecule has 1 heterocycles. The number of ether oxygens (including phenoxy) is 2. The maximum atomic E-state index is 11.2. The zero-order valence-corrected chi connectivity index (χ0v) is 18.4. The van der Waals surface area contributed by atoms with Crippen LogP contribution >= 0.6 is 24.0 Å². The lowest BCUT2D eigenvalue weighted by molar-refractivity contribution is -0.143. The van der Waals surface area contributed by atoms with Crippen LogP contribution in [0.25, 0.3) is 0 Å². The zero-order valence-electron chi connectivity index (χ0n) is 16.1. The summed E-state index contributed by atoms with van der Waals surface area (Å²) in [6.45, 7) is 9.07. The second-order valence-electron chi connectivity index (χ2n) is 6.26. The van der Waals surface area contributed by atoms with Gasteiger partial charge >= 0.3 is 5.97 Å². The van der Waals surface area contributed by atoms with Gasteiger partial charge in [-0.2, -0.15) is 0 Å². The van der Waals surface area contributed by atoms with E-state index in [-0.39, 0.29) is 29.9 Å². The molecule has 0 spiro atoms. The molecule has 1 N–H and O–H groups in total. The fourth-order valence-electron chi connectivity index (χ4n) is 2.98. The van der Waals surface area contributed by atoms with Crippen LogP contribution in [-0.4, -0.2) is 63.3 Å². The van der Waals surface area contributed by atoms with Gasteiger partial charge in [0, 0.05) is 45.6 Å². The highest BCUT2D eigenvalue weighted by Crippen LogP contribution is 2.16. The maximum absolute atomic E-state index is 11.2. The van der Waals surface area contributed by atoms with Crippen LogP contribution in [0.15, 0.2) is 4.99 Å². The quantitative estimate of drug-likeness (QED) is 0.166. The van der Waals surface area contributed by atoms with Gasteiger partial charge in [-0.3, -0.25) is 9.79 Å². The summed E-state index contributed by atoms with van der Waals surface area (Å²) in [5.74, 6) is 1.56. The molecule has 0 aliphatic carbocycles. The van der Waals surface area contributed by atoms with E-state index in [0.717, 1.165) is 64.4 Å². The summed E-state index contributed by atoms with van der Waals surface area (Å²) in [6, 6.07) is 0. The van der Waals surface area contributed by atoms with Crippen LogP contribution in [0, 0.1) is 5.92 Å². The summed E-state index contributed by atoms with van der Waals surface area (Å²) in [5, 5.41) is 3.39. The van der Waals surface area contributed by atoms with Gasteiger partial charge in [-0.15, -0.1) is 24.0 Å². The second-order valence-corrected chi connectivity index (χ2v) is 6.26. The molecule has 0 aromatic carbocycles. The average molecular weight is 469 g/mol. The Bertz CT molecular complexity index is 381. The number of carbonyl (C=O) groups excluding carboxylic acids is 1. The number of hydrogen-bond donors (Lipinski definition) is 1. The van der Waals surface area contributed by atoms with Crippen LogP contribution in [0.1, 0.15) is 52.4 Å². The highest BCUT2D eigenvalue weighted by molar-refractivity contribution is 14.0. The smallest absolute Gasteiger partial charge is 0.305 e. The highest BCUT2D eigenvalue weighted by atomic mass is 127. The topological polar surface area (TPSA) is 63.2 Å². The largest absolute Gasteiger partial charge is 0.466 e. The van der Waals surface area contributed by atoms with Gasteiger partial charge in [0.25, 0.3) is 0 Å². The fraction of sp³-hybridized carbons (Fsp3) is 0.889. The SMILES string of the molecule is CCNC(=NCCCCCCC(=O)OCC)N1CCC(COC)C1.I. The van der Waals surface area contributed by atoms with Crippen molar-refractivity contribution >= 4 is 35.9 Å². The van der Waals surface area contributed by atoms with Crippen LogP contribution < -0.4 is 5.32 Å². The number of carbonyl (C=O) groups is 1. The minimum atomic E-state index is -0.0791. The summed E-state index contributed by atoms with van der Waals surface area (Å²) < 4.78 is 10.2. The van der Waals surface area contributed by atoms with Crippen molar-refractivity contribution < 1.29 is 14.3 Å². The third-order valence-corrected chi connectivity index (χ3v) is 4.18. The van der Waals surface area contributed by atoms with Crippen molar-refractivity contribution in [2.75, 3.05) is 46.5 Å². The number of esters is 1. The highest BCUT2D eigenvalue weighted by Gasteiger charge is 2.24. The Kier molecular flexibility index (Phi) is 15.3. The van der Waals surface area contributed by atoms with Gasteiger partial charge in [0.05, 0.1) is 13.2 Å². The summed E-state index contributed by atoms with van der Waals surface area (Å²) in [4.78, 5) is 18.3. The normalized spacial score (nSPS) is 17.3. The second kappa shape index (κ2) is 15.7. The summed E-state index contributed by atoms with van der Waals surface area (Å²) in [6.07, 6.45) is 5.85. The number of halogens is 1. The molecule has 0 aromatic rings. The molecule has 0 aromatic heterocycles. The minimum Gasteiger partial charge on any atom is -0.466 e. The molecule has 0 amide bonds. The first-order valence-corrected chi connectivity index (χ1v) is 9.39. The Morgan fingerprint density at radius 2 is 2.00 bits per heavy atom. The van der Waals surface area contributed by atoms with Gasteiger partial charge in [-0.25, -0.2) is 0 Å². The summed E-state index contributed by atoms with van der Waals surface area (Å²) >= 11 is 0. The van der Waals surface area contributed by atoms with Crippen molar-refractivity contribution in [2.24, 2.45) is 10.9 Å². The Hall–Kier alpha value is -0.570. The van der Waals surface area contributed by atoms with E-state index in [0.29, 0.717) is 18.9 Å². The molecule has 6 nitrogen and oxygen atoms in total. The molecule has 0 saturated carbocycles. The van der Waals surface area contributed by atoms with Gasteiger partial charge in [-0.1, -0.05) is 12.8 Å². The summed E-state index contributed by atoms with van der Waals surface area (Å²) in [5.41, 5.74) is 0. The lowest BCUT2D eigenvalue weighted by Crippen LogP contribution is -2.40. The third-order valence-electron chi connectivity index (χ3n) is 4.18. The number of hydrogen-bond acceptors (Lipinski definition) is 4. The molecule has 1 rings (SSSR count). The number of aliphatic imine (C=N–C) groups is 1. The first-order valence-electron chi connectivity index (χ1n) is 9.39. The molecule has 25 heavy (non-hydrogen) atoms. The predicted octanol–water partition coefficient (Wildman–Crippen LogP) is 3.05. The van der Waals surface area contributed by atoms with Gasteiger partial charge in [0.2, 0.25) is 0 Å². The molecule has 1 unspecified atom stereocenters. The number of nitrogens with one attached hydrogen (secondary N) is 1. The molecule has 1 aliphatic heterocycles. The first kappa shape index (κ1) is 24.4.